The van der Waals surface area contributed by atoms with E-state index in [0.29, 0.717) is 0 Å². The van der Waals surface area contributed by atoms with Crippen LogP contribution < -0.4 is 5.32 Å². The summed E-state index contributed by atoms with van der Waals surface area (Å²) in [6.07, 6.45) is -17.3. The quantitative estimate of drug-likeness (QED) is 0.248. The molecule has 0 aliphatic carbocycles. The number of halogens is 11. The van der Waals surface area contributed by atoms with Gasteiger partial charge in [0.1, 0.15) is 5.69 Å². The van der Waals surface area contributed by atoms with E-state index in [1.165, 1.54) is 5.32 Å². The van der Waals surface area contributed by atoms with E-state index >= 15 is 0 Å². The van der Waals surface area contributed by atoms with Gasteiger partial charge in [0.2, 0.25) is 0 Å². The normalized spacial score (nSPS) is 12.6. The van der Waals surface area contributed by atoms with Gasteiger partial charge in [-0.2, -0.15) is 39.5 Å². The van der Waals surface area contributed by atoms with E-state index in [2.05, 4.69) is 0 Å². The molecule has 0 amide bonds. The van der Waals surface area contributed by atoms with E-state index in [1.807, 2.05) is 0 Å². The third kappa shape index (κ3) is 5.32. The number of hydrogen-bond acceptors (Lipinski definition) is 5. The zero-order valence-corrected chi connectivity index (χ0v) is 16.4. The Labute approximate surface area is 185 Å². The molecule has 0 heterocycles. The van der Waals surface area contributed by atoms with E-state index < -0.39 is 77.9 Å². The molecule has 0 saturated heterocycles. The van der Waals surface area contributed by atoms with Gasteiger partial charge in [-0.3, -0.25) is 20.2 Å². The van der Waals surface area contributed by atoms with Crippen molar-refractivity contribution in [2.45, 2.75) is 18.5 Å². The molecule has 0 unspecified atom stereocenters. The molecule has 0 radical (unpaired) electrons. The lowest BCUT2D eigenvalue weighted by atomic mass is 10.0. The number of alkyl halides is 9. The van der Waals surface area contributed by atoms with Crippen LogP contribution in [0, 0.1) is 20.2 Å². The van der Waals surface area contributed by atoms with Crippen LogP contribution in [0.1, 0.15) is 16.7 Å². The summed E-state index contributed by atoms with van der Waals surface area (Å²) < 4.78 is 121. The van der Waals surface area contributed by atoms with Crippen LogP contribution in [0.5, 0.6) is 0 Å². The lowest BCUT2D eigenvalue weighted by Gasteiger charge is -2.23. The maximum Gasteiger partial charge on any atom is 0.419 e. The number of nitro groups is 2. The van der Waals surface area contributed by atoms with Crippen molar-refractivity contribution in [2.24, 2.45) is 0 Å². The Kier molecular flexibility index (Phi) is 6.68. The second-order valence-corrected chi connectivity index (χ2v) is 6.80. The smallest absolute Gasteiger partial charge is 0.348 e. The molecule has 0 aliphatic heterocycles. The zero-order chi connectivity index (χ0) is 25.7. The molecular weight excluding hydrogens is 528 g/mol. The molecule has 0 saturated carbocycles. The third-order valence-corrected chi connectivity index (χ3v) is 4.46. The summed E-state index contributed by atoms with van der Waals surface area (Å²) in [5.74, 6) is 0. The molecule has 2 rings (SSSR count). The van der Waals surface area contributed by atoms with Crippen molar-refractivity contribution in [3.63, 3.8) is 0 Å². The minimum Gasteiger partial charge on any atom is -0.348 e. The van der Waals surface area contributed by atoms with Crippen molar-refractivity contribution in [1.82, 2.24) is 0 Å². The molecule has 7 nitrogen and oxygen atoms in total. The predicted octanol–water partition coefficient (Wildman–Crippen LogP) is 7.61. The van der Waals surface area contributed by atoms with Crippen molar-refractivity contribution in [3.8, 4) is 0 Å². The molecule has 0 aromatic heterocycles. The number of rotatable bonds is 4. The van der Waals surface area contributed by atoms with Crippen molar-refractivity contribution >= 4 is 46.0 Å². The molecule has 0 bridgehead atoms. The van der Waals surface area contributed by atoms with Crippen LogP contribution in [-0.4, -0.2) is 9.85 Å². The molecule has 1 N–H and O–H groups in total. The highest BCUT2D eigenvalue weighted by Gasteiger charge is 2.48. The standard InChI is InChI=1S/C15H4Cl2F9N3O4/c16-6-3-7(17)12(10(15(24,25)26)9(6)14(21,22)23)27-11-5(13(18,19)20)1-4(28(30)31)2-8(11)29(32)33/h1-3,27H. The van der Waals surface area contributed by atoms with E-state index in [4.69, 9.17) is 23.2 Å². The van der Waals surface area contributed by atoms with Crippen LogP contribution in [0.2, 0.25) is 10.0 Å². The monoisotopic (exact) mass is 531 g/mol. The number of nitro benzene ring substituents is 2. The average molecular weight is 532 g/mol. The van der Waals surface area contributed by atoms with Crippen molar-refractivity contribution in [3.05, 3.63) is 65.2 Å². The average Bonchev–Trinajstić information content (AvgIpc) is 2.59. The Bertz CT molecular complexity index is 1150. The topological polar surface area (TPSA) is 98.3 Å². The number of non-ortho nitro benzene ring substituents is 1. The fraction of sp³-hybridized carbons (Fsp3) is 0.200. The van der Waals surface area contributed by atoms with Crippen molar-refractivity contribution in [2.75, 3.05) is 5.32 Å². The van der Waals surface area contributed by atoms with Gasteiger partial charge in [0, 0.05) is 6.07 Å². The maximum atomic E-state index is 13.6. The van der Waals surface area contributed by atoms with Gasteiger partial charge in [0.05, 0.1) is 48.3 Å². The molecule has 0 fully saturated rings. The van der Waals surface area contributed by atoms with E-state index in [1.54, 1.807) is 0 Å². The summed E-state index contributed by atoms with van der Waals surface area (Å²) in [5.41, 5.74) is -14.3. The summed E-state index contributed by atoms with van der Waals surface area (Å²) in [5, 5.41) is 20.5. The summed E-state index contributed by atoms with van der Waals surface area (Å²) in [7, 11) is 0. The van der Waals surface area contributed by atoms with Gasteiger partial charge in [-0.1, -0.05) is 23.2 Å². The second-order valence-electron chi connectivity index (χ2n) is 5.99. The van der Waals surface area contributed by atoms with E-state index in [-0.39, 0.29) is 18.2 Å². The van der Waals surface area contributed by atoms with Crippen LogP contribution in [-0.2, 0) is 18.5 Å². The number of anilines is 2. The summed E-state index contributed by atoms with van der Waals surface area (Å²) >= 11 is 10.8. The Morgan fingerprint density at radius 3 is 1.61 bits per heavy atom. The number of hydrogen-bond donors (Lipinski definition) is 1. The van der Waals surface area contributed by atoms with Gasteiger partial charge in [0.15, 0.2) is 0 Å². The lowest BCUT2D eigenvalue weighted by molar-refractivity contribution is -0.394. The fourth-order valence-electron chi connectivity index (χ4n) is 2.64. The molecule has 0 atom stereocenters. The first-order valence-corrected chi connectivity index (χ1v) is 8.49. The third-order valence-electron chi connectivity index (χ3n) is 3.86. The zero-order valence-electron chi connectivity index (χ0n) is 14.9. The van der Waals surface area contributed by atoms with E-state index in [9.17, 15) is 59.7 Å². The van der Waals surface area contributed by atoms with Gasteiger partial charge in [-0.25, -0.2) is 0 Å². The Morgan fingerprint density at radius 1 is 0.697 bits per heavy atom. The highest BCUT2D eigenvalue weighted by atomic mass is 35.5. The Balaban J connectivity index is 3.02. The van der Waals surface area contributed by atoms with Crippen LogP contribution in [0.4, 0.5) is 62.3 Å². The van der Waals surface area contributed by atoms with Crippen LogP contribution in [0.15, 0.2) is 18.2 Å². The first-order chi connectivity index (χ1) is 14.8. The number of benzene rings is 2. The summed E-state index contributed by atoms with van der Waals surface area (Å²) in [4.78, 5) is 19.0. The molecule has 2 aromatic rings. The van der Waals surface area contributed by atoms with Crippen molar-refractivity contribution < 1.29 is 49.4 Å². The van der Waals surface area contributed by atoms with Crippen molar-refractivity contribution in [1.29, 1.82) is 0 Å². The van der Waals surface area contributed by atoms with Gasteiger partial charge >= 0.3 is 18.5 Å². The molecule has 2 aromatic carbocycles. The fourth-order valence-corrected chi connectivity index (χ4v) is 3.26. The first-order valence-electron chi connectivity index (χ1n) is 7.74. The number of nitrogens with one attached hydrogen (secondary N) is 1. The highest BCUT2D eigenvalue weighted by Crippen LogP contribution is 2.52. The highest BCUT2D eigenvalue weighted by molar-refractivity contribution is 6.37. The van der Waals surface area contributed by atoms with Gasteiger partial charge in [-0.15, -0.1) is 0 Å². The molecule has 0 spiro atoms. The summed E-state index contributed by atoms with van der Waals surface area (Å²) in [6, 6.07) is -0.148. The van der Waals surface area contributed by atoms with Crippen LogP contribution in [0.3, 0.4) is 0 Å². The number of nitrogens with zero attached hydrogens (tertiary/aromatic N) is 2. The minimum atomic E-state index is -5.92. The molecule has 18 heteroatoms. The SMILES string of the molecule is O=[N+]([O-])c1cc([N+](=O)[O-])c(Nc2c(Cl)cc(Cl)c(C(F)(F)F)c2C(F)(F)F)c(C(F)(F)F)c1. The summed E-state index contributed by atoms with van der Waals surface area (Å²) in [6.45, 7) is 0. The molecule has 33 heavy (non-hydrogen) atoms. The van der Waals surface area contributed by atoms with Crippen LogP contribution >= 0.6 is 23.2 Å². The van der Waals surface area contributed by atoms with Gasteiger partial charge < -0.3 is 5.32 Å². The maximum absolute atomic E-state index is 13.6. The van der Waals surface area contributed by atoms with E-state index in [0.717, 1.165) is 0 Å². The predicted molar refractivity (Wildman–Crippen MR) is 94.5 cm³/mol. The minimum absolute atomic E-state index is 0.0284. The largest absolute Gasteiger partial charge is 0.419 e. The Hall–Kier alpha value is -3.01. The lowest BCUT2D eigenvalue weighted by Crippen LogP contribution is -2.20. The molecule has 0 aliphatic rings. The van der Waals surface area contributed by atoms with Gasteiger partial charge in [-0.05, 0) is 6.07 Å². The second kappa shape index (κ2) is 8.40. The molecular formula is C15H4Cl2F9N3O4. The van der Waals surface area contributed by atoms with Crippen LogP contribution in [0.25, 0.3) is 0 Å². The molecule has 180 valence electrons. The Morgan fingerprint density at radius 2 is 1.21 bits per heavy atom. The first kappa shape index (κ1) is 26.2. The van der Waals surface area contributed by atoms with Gasteiger partial charge in [0.25, 0.3) is 11.4 Å².